The maximum atomic E-state index is 11.1. The summed E-state index contributed by atoms with van der Waals surface area (Å²) in [6, 6.07) is 6.11. The predicted octanol–water partition coefficient (Wildman–Crippen LogP) is 3.95. The summed E-state index contributed by atoms with van der Waals surface area (Å²) in [7, 11) is 0. The van der Waals surface area contributed by atoms with Gasteiger partial charge in [-0.25, -0.2) is 9.78 Å². The van der Waals surface area contributed by atoms with Crippen LogP contribution >= 0.6 is 0 Å². The van der Waals surface area contributed by atoms with Gasteiger partial charge in [-0.05, 0) is 36.5 Å². The van der Waals surface area contributed by atoms with Gasteiger partial charge in [-0.2, -0.15) is 0 Å². The summed E-state index contributed by atoms with van der Waals surface area (Å²) < 4.78 is 5.52. The lowest BCUT2D eigenvalue weighted by atomic mass is 9.85. The normalized spacial score (nSPS) is 11.7. The Bertz CT molecular complexity index is 663. The molecule has 0 aliphatic rings. The molecule has 1 aromatic carbocycles. The van der Waals surface area contributed by atoms with Crippen LogP contribution in [0.5, 0.6) is 0 Å². The summed E-state index contributed by atoms with van der Waals surface area (Å²) in [5.74, 6) is -0.376. The van der Waals surface area contributed by atoms with Crippen molar-refractivity contribution >= 4 is 5.97 Å². The van der Waals surface area contributed by atoms with Crippen molar-refractivity contribution in [2.24, 2.45) is 0 Å². The van der Waals surface area contributed by atoms with Crippen molar-refractivity contribution in [1.82, 2.24) is 4.98 Å². The number of aromatic nitrogens is 1. The van der Waals surface area contributed by atoms with Crippen LogP contribution in [-0.2, 0) is 5.41 Å². The van der Waals surface area contributed by atoms with Crippen LogP contribution in [0.3, 0.4) is 0 Å². The second-order valence-corrected chi connectivity index (χ2v) is 6.01. The molecule has 4 heteroatoms. The van der Waals surface area contributed by atoms with E-state index in [1.54, 1.807) is 6.92 Å². The molecule has 1 aromatic heterocycles. The lowest BCUT2D eigenvalue weighted by Gasteiger charge is -2.20. The van der Waals surface area contributed by atoms with Gasteiger partial charge in [-0.1, -0.05) is 32.9 Å². The molecule has 0 amide bonds. The van der Waals surface area contributed by atoms with E-state index in [1.165, 1.54) is 0 Å². The molecule has 0 aliphatic heterocycles. The van der Waals surface area contributed by atoms with E-state index in [0.717, 1.165) is 16.7 Å². The molecule has 1 heterocycles. The molecule has 0 bridgehead atoms. The number of rotatable bonds is 2. The third-order valence-corrected chi connectivity index (χ3v) is 3.33. The SMILES string of the molecule is Cc1ccc(C(C)(C)C)cc1-c1nc(C(=O)O)c(C)o1. The van der Waals surface area contributed by atoms with Gasteiger partial charge in [0.2, 0.25) is 5.89 Å². The molecule has 0 saturated carbocycles. The molecule has 106 valence electrons. The average Bonchev–Trinajstić information content (AvgIpc) is 2.70. The number of carboxylic acid groups (broad SMARTS) is 1. The minimum atomic E-state index is -1.07. The van der Waals surface area contributed by atoms with E-state index in [2.05, 4.69) is 31.8 Å². The third-order valence-electron chi connectivity index (χ3n) is 3.33. The summed E-state index contributed by atoms with van der Waals surface area (Å²) in [4.78, 5) is 15.2. The first-order valence-corrected chi connectivity index (χ1v) is 6.52. The van der Waals surface area contributed by atoms with Crippen molar-refractivity contribution in [2.45, 2.75) is 40.0 Å². The van der Waals surface area contributed by atoms with Crippen molar-refractivity contribution in [2.75, 3.05) is 0 Å². The molecular weight excluding hydrogens is 254 g/mol. The highest BCUT2D eigenvalue weighted by molar-refractivity contribution is 5.87. The number of aryl methyl sites for hydroxylation is 2. The monoisotopic (exact) mass is 273 g/mol. The Labute approximate surface area is 118 Å². The van der Waals surface area contributed by atoms with E-state index in [1.807, 2.05) is 19.1 Å². The van der Waals surface area contributed by atoms with Crippen LogP contribution in [0.1, 0.15) is 48.1 Å². The fourth-order valence-corrected chi connectivity index (χ4v) is 2.03. The molecule has 0 spiro atoms. The van der Waals surface area contributed by atoms with Crippen LogP contribution in [0.15, 0.2) is 22.6 Å². The maximum Gasteiger partial charge on any atom is 0.358 e. The Balaban J connectivity index is 2.57. The van der Waals surface area contributed by atoms with Crippen LogP contribution in [0.25, 0.3) is 11.5 Å². The summed E-state index contributed by atoms with van der Waals surface area (Å²) >= 11 is 0. The van der Waals surface area contributed by atoms with E-state index < -0.39 is 5.97 Å². The van der Waals surface area contributed by atoms with Crippen molar-refractivity contribution in [3.63, 3.8) is 0 Å². The lowest BCUT2D eigenvalue weighted by Crippen LogP contribution is -2.11. The molecule has 2 aromatic rings. The number of benzene rings is 1. The highest BCUT2D eigenvalue weighted by atomic mass is 16.4. The van der Waals surface area contributed by atoms with Crippen molar-refractivity contribution in [3.05, 3.63) is 40.8 Å². The van der Waals surface area contributed by atoms with E-state index in [9.17, 15) is 4.79 Å². The number of nitrogens with zero attached hydrogens (tertiary/aromatic N) is 1. The highest BCUT2D eigenvalue weighted by Crippen LogP contribution is 2.30. The van der Waals surface area contributed by atoms with Crippen LogP contribution in [-0.4, -0.2) is 16.1 Å². The van der Waals surface area contributed by atoms with Gasteiger partial charge in [0.1, 0.15) is 5.76 Å². The van der Waals surface area contributed by atoms with E-state index in [4.69, 9.17) is 9.52 Å². The molecule has 2 rings (SSSR count). The number of aromatic carboxylic acids is 1. The lowest BCUT2D eigenvalue weighted by molar-refractivity contribution is 0.0689. The summed E-state index contributed by atoms with van der Waals surface area (Å²) in [5.41, 5.74) is 3.00. The molecule has 20 heavy (non-hydrogen) atoms. The van der Waals surface area contributed by atoms with Crippen LogP contribution < -0.4 is 0 Å². The number of carboxylic acids is 1. The van der Waals surface area contributed by atoms with Gasteiger partial charge in [-0.15, -0.1) is 0 Å². The average molecular weight is 273 g/mol. The molecule has 0 fully saturated rings. The minimum absolute atomic E-state index is 0.0136. The first-order chi connectivity index (χ1) is 9.20. The van der Waals surface area contributed by atoms with Crippen LogP contribution in [0.4, 0.5) is 0 Å². The van der Waals surface area contributed by atoms with E-state index >= 15 is 0 Å². The van der Waals surface area contributed by atoms with Crippen LogP contribution in [0.2, 0.25) is 0 Å². The number of carbonyl (C=O) groups is 1. The fraction of sp³-hybridized carbons (Fsp3) is 0.375. The maximum absolute atomic E-state index is 11.1. The van der Waals surface area contributed by atoms with Gasteiger partial charge >= 0.3 is 5.97 Å². The molecule has 0 unspecified atom stereocenters. The van der Waals surface area contributed by atoms with Gasteiger partial charge in [-0.3, -0.25) is 0 Å². The van der Waals surface area contributed by atoms with Crippen molar-refractivity contribution < 1.29 is 14.3 Å². The summed E-state index contributed by atoms with van der Waals surface area (Å²) in [5, 5.41) is 9.06. The van der Waals surface area contributed by atoms with Crippen molar-refractivity contribution in [3.8, 4) is 11.5 Å². The molecule has 4 nitrogen and oxygen atoms in total. The standard InChI is InChI=1S/C16H19NO3/c1-9-6-7-11(16(3,4)5)8-12(9)14-17-13(15(18)19)10(2)20-14/h6-8H,1-5H3,(H,18,19). The third kappa shape index (κ3) is 2.59. The van der Waals surface area contributed by atoms with Gasteiger partial charge in [0, 0.05) is 5.56 Å². The zero-order valence-corrected chi connectivity index (χ0v) is 12.4. The van der Waals surface area contributed by atoms with E-state index in [-0.39, 0.29) is 11.1 Å². The topological polar surface area (TPSA) is 63.3 Å². The zero-order valence-electron chi connectivity index (χ0n) is 12.4. The quantitative estimate of drug-likeness (QED) is 0.899. The second kappa shape index (κ2) is 4.78. The zero-order chi connectivity index (χ0) is 15.1. The summed E-state index contributed by atoms with van der Waals surface area (Å²) in [6.07, 6.45) is 0. The first kappa shape index (κ1) is 14.3. The Morgan fingerprint density at radius 3 is 2.40 bits per heavy atom. The highest BCUT2D eigenvalue weighted by Gasteiger charge is 2.20. The number of hydrogen-bond donors (Lipinski definition) is 1. The van der Waals surface area contributed by atoms with Gasteiger partial charge in [0.05, 0.1) is 0 Å². The number of oxazole rings is 1. The fourth-order valence-electron chi connectivity index (χ4n) is 2.03. The summed E-state index contributed by atoms with van der Waals surface area (Å²) in [6.45, 7) is 9.96. The molecule has 0 radical (unpaired) electrons. The Hall–Kier alpha value is -2.10. The first-order valence-electron chi connectivity index (χ1n) is 6.52. The number of hydrogen-bond acceptors (Lipinski definition) is 3. The van der Waals surface area contributed by atoms with Crippen molar-refractivity contribution in [1.29, 1.82) is 0 Å². The molecule has 0 atom stereocenters. The minimum Gasteiger partial charge on any atom is -0.476 e. The van der Waals surface area contributed by atoms with Crippen LogP contribution in [0, 0.1) is 13.8 Å². The Morgan fingerprint density at radius 2 is 1.90 bits per heavy atom. The Kier molecular flexibility index (Phi) is 3.42. The molecule has 0 saturated heterocycles. The largest absolute Gasteiger partial charge is 0.476 e. The van der Waals surface area contributed by atoms with Gasteiger partial charge in [0.15, 0.2) is 5.69 Å². The second-order valence-electron chi connectivity index (χ2n) is 6.01. The predicted molar refractivity (Wildman–Crippen MR) is 77.1 cm³/mol. The molecule has 1 N–H and O–H groups in total. The smallest absolute Gasteiger partial charge is 0.358 e. The van der Waals surface area contributed by atoms with Gasteiger partial charge in [0.25, 0.3) is 0 Å². The Morgan fingerprint density at radius 1 is 1.25 bits per heavy atom. The molecule has 0 aliphatic carbocycles. The van der Waals surface area contributed by atoms with Gasteiger partial charge < -0.3 is 9.52 Å². The molecular formula is C16H19NO3. The van der Waals surface area contributed by atoms with E-state index in [0.29, 0.717) is 11.7 Å².